The van der Waals surface area contributed by atoms with Crippen molar-refractivity contribution in [2.45, 2.75) is 16.7 Å². The molecule has 1 saturated carbocycles. The number of alkyl halides is 4. The van der Waals surface area contributed by atoms with Crippen molar-refractivity contribution < 1.29 is 40.6 Å². The second-order valence-electron chi connectivity index (χ2n) is 8.67. The van der Waals surface area contributed by atoms with Crippen LogP contribution in [0.1, 0.15) is 26.1 Å². The Balaban J connectivity index is 0.00000323. The lowest BCUT2D eigenvalue weighted by molar-refractivity contribution is -0.126. The highest BCUT2D eigenvalue weighted by Gasteiger charge is 2.67. The standard InChI is InChI=1S/C25H13Cl5F5N3O3.3H2/c26-9-3-8(4-10(27)5-9)16-17(25(16,29)30)23(40)36-11-6-12(18(28)14(32)7-11)22(39)38-20-13(31)1-2-15(19(20)33)37-24(41)21(34)35;;;/h1-7,16-17,21H,(H,36,40)(H,37,41)(H,38,39);3*1H/t16-,17+;;;/m0.../s1. The van der Waals surface area contributed by atoms with Gasteiger partial charge in [0.15, 0.2) is 5.82 Å². The van der Waals surface area contributed by atoms with E-state index in [0.717, 1.165) is 12.1 Å². The largest absolute Gasteiger partial charge is 0.326 e. The van der Waals surface area contributed by atoms with Crippen molar-refractivity contribution in [3.05, 3.63) is 86.1 Å². The van der Waals surface area contributed by atoms with Crippen LogP contribution in [0.25, 0.3) is 0 Å². The summed E-state index contributed by atoms with van der Waals surface area (Å²) in [5.74, 6) is -9.94. The predicted molar refractivity (Wildman–Crippen MR) is 152 cm³/mol. The molecule has 0 radical (unpaired) electrons. The second kappa shape index (κ2) is 11.8. The molecule has 0 bridgehead atoms. The summed E-state index contributed by atoms with van der Waals surface area (Å²) in [6.45, 7) is 0. The van der Waals surface area contributed by atoms with E-state index < -0.39 is 79.7 Å². The molecule has 0 heterocycles. The monoisotopic (exact) mass is 679 g/mol. The Hall–Kier alpha value is -2.83. The molecule has 3 amide bonds. The van der Waals surface area contributed by atoms with Gasteiger partial charge < -0.3 is 16.0 Å². The van der Waals surface area contributed by atoms with Crippen LogP contribution >= 0.6 is 58.0 Å². The molecule has 3 aromatic rings. The molecule has 16 heteroatoms. The van der Waals surface area contributed by atoms with E-state index in [9.17, 15) is 36.3 Å². The van der Waals surface area contributed by atoms with E-state index in [1.165, 1.54) is 23.5 Å². The predicted octanol–water partition coefficient (Wildman–Crippen LogP) is 8.78. The number of amides is 3. The van der Waals surface area contributed by atoms with Crippen molar-refractivity contribution in [1.29, 1.82) is 0 Å². The van der Waals surface area contributed by atoms with Gasteiger partial charge in [-0.25, -0.2) is 13.2 Å². The highest BCUT2D eigenvalue weighted by atomic mass is 35.5. The van der Waals surface area contributed by atoms with Gasteiger partial charge in [-0.05, 0) is 48.0 Å². The van der Waals surface area contributed by atoms with Gasteiger partial charge in [-0.3, -0.25) is 14.4 Å². The molecule has 222 valence electrons. The van der Waals surface area contributed by atoms with Gasteiger partial charge in [0, 0.05) is 25.9 Å². The zero-order valence-corrected chi connectivity index (χ0v) is 23.6. The molecule has 0 spiro atoms. The number of carbonyl (C=O) groups excluding carboxylic acids is 3. The van der Waals surface area contributed by atoms with Crippen LogP contribution in [0.5, 0.6) is 0 Å². The highest BCUT2D eigenvalue weighted by Crippen LogP contribution is 2.65. The fourth-order valence-corrected chi connectivity index (χ4v) is 5.57. The van der Waals surface area contributed by atoms with Crippen LogP contribution in [0.15, 0.2) is 42.5 Å². The summed E-state index contributed by atoms with van der Waals surface area (Å²) in [4.78, 5) is 37.0. The molecule has 3 N–H and O–H groups in total. The van der Waals surface area contributed by atoms with Crippen LogP contribution in [0.2, 0.25) is 15.1 Å². The normalized spacial score (nSPS) is 17.2. The minimum absolute atomic E-state index is 0. The molecule has 2 atom stereocenters. The summed E-state index contributed by atoms with van der Waals surface area (Å²) >= 11 is 30.5. The molecule has 0 unspecified atom stereocenters. The summed E-state index contributed by atoms with van der Waals surface area (Å²) in [5, 5.41) is 5.48. The van der Waals surface area contributed by atoms with E-state index in [2.05, 4.69) is 5.32 Å². The van der Waals surface area contributed by atoms with Crippen LogP contribution < -0.4 is 16.0 Å². The van der Waals surface area contributed by atoms with Gasteiger partial charge in [-0.1, -0.05) is 34.8 Å². The minimum atomic E-state index is -3.51. The zero-order chi connectivity index (χ0) is 30.4. The molecule has 1 aliphatic carbocycles. The first-order chi connectivity index (χ1) is 19.1. The first-order valence-electron chi connectivity index (χ1n) is 11.1. The topological polar surface area (TPSA) is 87.3 Å². The third-order valence-electron chi connectivity index (χ3n) is 5.91. The van der Waals surface area contributed by atoms with E-state index in [0.29, 0.717) is 17.7 Å². The molecule has 0 aliphatic heterocycles. The summed E-state index contributed by atoms with van der Waals surface area (Å²) < 4.78 is 67.1. The SMILES string of the molecule is O=C(Nc1c(F)ccc(NC(=O)C(F)F)c1F)c1cc(NC(=O)[C@H]2[C@H](c3cc(Cl)cc(Cl)c3)C2(Cl)Cl)cc(F)c1Cl.[HH].[HH].[HH]. The summed E-state index contributed by atoms with van der Waals surface area (Å²) in [6, 6.07) is 7.42. The smallest absolute Gasteiger partial charge is 0.315 e. The molecule has 41 heavy (non-hydrogen) atoms. The lowest BCUT2D eigenvalue weighted by atomic mass is 10.1. The number of halogens is 10. The second-order valence-corrected chi connectivity index (χ2v) is 11.4. The number of hydrogen-bond donors (Lipinski definition) is 3. The molecular formula is C25H19Cl5F5N3O3. The van der Waals surface area contributed by atoms with Crippen molar-refractivity contribution >= 4 is 92.8 Å². The molecule has 3 aromatic carbocycles. The van der Waals surface area contributed by atoms with E-state index >= 15 is 0 Å². The zero-order valence-electron chi connectivity index (χ0n) is 19.8. The first-order valence-corrected chi connectivity index (χ1v) is 13.0. The van der Waals surface area contributed by atoms with E-state index in [1.54, 1.807) is 0 Å². The van der Waals surface area contributed by atoms with Gasteiger partial charge in [0.2, 0.25) is 5.91 Å². The number of rotatable bonds is 7. The minimum Gasteiger partial charge on any atom is -0.326 e. The quantitative estimate of drug-likeness (QED) is 0.172. The molecule has 1 fully saturated rings. The van der Waals surface area contributed by atoms with Crippen LogP contribution in [-0.4, -0.2) is 28.5 Å². The Morgan fingerprint density at radius 2 is 1.49 bits per heavy atom. The maximum Gasteiger partial charge on any atom is 0.315 e. The fourth-order valence-electron chi connectivity index (χ4n) is 4.00. The lowest BCUT2D eigenvalue weighted by Gasteiger charge is -2.14. The van der Waals surface area contributed by atoms with Crippen molar-refractivity contribution in [1.82, 2.24) is 0 Å². The Bertz CT molecular complexity index is 1590. The van der Waals surface area contributed by atoms with Gasteiger partial charge in [-0.15, -0.1) is 23.2 Å². The third-order valence-corrected chi connectivity index (χ3v) is 7.67. The molecule has 0 saturated heterocycles. The van der Waals surface area contributed by atoms with Gasteiger partial charge in [0.05, 0.1) is 22.2 Å². The number of nitrogens with one attached hydrogen (secondary N) is 3. The number of anilines is 3. The molecular weight excluding hydrogens is 663 g/mol. The van der Waals surface area contributed by atoms with Crippen molar-refractivity contribution in [2.75, 3.05) is 16.0 Å². The van der Waals surface area contributed by atoms with E-state index in [-0.39, 0.29) is 20.0 Å². The average molecular weight is 682 g/mol. The van der Waals surface area contributed by atoms with Crippen LogP contribution in [0.4, 0.5) is 39.0 Å². The Morgan fingerprint density at radius 1 is 0.854 bits per heavy atom. The van der Waals surface area contributed by atoms with Crippen LogP contribution in [0, 0.1) is 23.4 Å². The van der Waals surface area contributed by atoms with Crippen molar-refractivity contribution in [2.24, 2.45) is 5.92 Å². The van der Waals surface area contributed by atoms with Gasteiger partial charge in [0.25, 0.3) is 11.8 Å². The van der Waals surface area contributed by atoms with Crippen LogP contribution in [-0.2, 0) is 9.59 Å². The first kappa shape index (κ1) is 31.1. The van der Waals surface area contributed by atoms with Crippen molar-refractivity contribution in [3.8, 4) is 0 Å². The third kappa shape index (κ3) is 6.49. The molecule has 0 aromatic heterocycles. The summed E-state index contributed by atoms with van der Waals surface area (Å²) in [6.07, 6.45) is -3.51. The average Bonchev–Trinajstić information content (AvgIpc) is 3.46. The van der Waals surface area contributed by atoms with Crippen LogP contribution in [0.3, 0.4) is 0 Å². The number of hydrogen-bond acceptors (Lipinski definition) is 3. The number of carbonyl (C=O) groups is 3. The lowest BCUT2D eigenvalue weighted by Crippen LogP contribution is -2.22. The summed E-state index contributed by atoms with van der Waals surface area (Å²) in [5.41, 5.74) is -2.51. The Labute approximate surface area is 257 Å². The maximum absolute atomic E-state index is 14.7. The maximum atomic E-state index is 14.7. The van der Waals surface area contributed by atoms with E-state index in [1.807, 2.05) is 5.32 Å². The molecule has 6 nitrogen and oxygen atoms in total. The van der Waals surface area contributed by atoms with Gasteiger partial charge in [0.1, 0.15) is 21.7 Å². The Kier molecular flexibility index (Phi) is 8.96. The number of benzene rings is 3. The Morgan fingerprint density at radius 3 is 2.10 bits per heavy atom. The van der Waals surface area contributed by atoms with Gasteiger partial charge in [-0.2, -0.15) is 8.78 Å². The molecule has 4 rings (SSSR count). The molecule has 1 aliphatic rings. The summed E-state index contributed by atoms with van der Waals surface area (Å²) in [7, 11) is 0. The van der Waals surface area contributed by atoms with Gasteiger partial charge >= 0.3 is 6.43 Å². The fraction of sp³-hybridized carbons (Fsp3) is 0.160. The van der Waals surface area contributed by atoms with Crippen molar-refractivity contribution in [3.63, 3.8) is 0 Å². The van der Waals surface area contributed by atoms with E-state index in [4.69, 9.17) is 58.0 Å². The highest BCUT2D eigenvalue weighted by molar-refractivity contribution is 6.53.